The quantitative estimate of drug-likeness (QED) is 0.670. The first kappa shape index (κ1) is 18.9. The van der Waals surface area contributed by atoms with Crippen molar-refractivity contribution in [1.29, 1.82) is 0 Å². The second kappa shape index (κ2) is 8.59. The first-order valence-electron chi connectivity index (χ1n) is 7.52. The third kappa shape index (κ3) is 4.77. The SMILES string of the molecule is CNc1cccnc1Nc1nc(-c2ccc(OC(C)C)cn2)ns1.Cl. The lowest BCUT2D eigenvalue weighted by Crippen LogP contribution is -2.05. The lowest BCUT2D eigenvalue weighted by molar-refractivity contribution is 0.241. The molecule has 0 amide bonds. The highest BCUT2D eigenvalue weighted by atomic mass is 35.5. The molecule has 2 N–H and O–H groups in total. The monoisotopic (exact) mass is 378 g/mol. The Labute approximate surface area is 156 Å². The van der Waals surface area contributed by atoms with E-state index in [1.807, 2.05) is 45.2 Å². The molecule has 132 valence electrons. The smallest absolute Gasteiger partial charge is 0.208 e. The van der Waals surface area contributed by atoms with Crippen LogP contribution in [0.4, 0.5) is 16.6 Å². The highest BCUT2D eigenvalue weighted by Crippen LogP contribution is 2.26. The Kier molecular flexibility index (Phi) is 6.49. The Balaban J connectivity index is 0.00000225. The predicted octanol–water partition coefficient (Wildman–Crippen LogP) is 3.99. The molecule has 0 saturated carbocycles. The zero-order chi connectivity index (χ0) is 16.9. The molecule has 7 nitrogen and oxygen atoms in total. The van der Waals surface area contributed by atoms with Gasteiger partial charge in [0.15, 0.2) is 11.6 Å². The van der Waals surface area contributed by atoms with E-state index in [0.717, 1.165) is 11.4 Å². The topological polar surface area (TPSA) is 84.9 Å². The number of hydrogen-bond donors (Lipinski definition) is 2. The van der Waals surface area contributed by atoms with Crippen LogP contribution in [-0.2, 0) is 0 Å². The van der Waals surface area contributed by atoms with Crippen LogP contribution in [0.5, 0.6) is 5.75 Å². The van der Waals surface area contributed by atoms with Crippen LogP contribution < -0.4 is 15.4 Å². The lowest BCUT2D eigenvalue weighted by atomic mass is 10.3. The molecule has 0 unspecified atom stereocenters. The van der Waals surface area contributed by atoms with Gasteiger partial charge in [0, 0.05) is 24.8 Å². The summed E-state index contributed by atoms with van der Waals surface area (Å²) in [6.07, 6.45) is 3.52. The molecule has 3 rings (SSSR count). The highest BCUT2D eigenvalue weighted by molar-refractivity contribution is 7.09. The molecule has 3 aromatic heterocycles. The molecule has 3 aromatic rings. The maximum atomic E-state index is 5.59. The van der Waals surface area contributed by atoms with Gasteiger partial charge in [0.05, 0.1) is 18.0 Å². The van der Waals surface area contributed by atoms with Crippen molar-refractivity contribution in [3.8, 4) is 17.3 Å². The molecule has 0 aliphatic rings. The summed E-state index contributed by atoms with van der Waals surface area (Å²) in [6, 6.07) is 7.52. The molecular formula is C16H19ClN6OS. The Morgan fingerprint density at radius 3 is 2.68 bits per heavy atom. The molecule has 0 saturated heterocycles. The summed E-state index contributed by atoms with van der Waals surface area (Å²) in [5.74, 6) is 2.01. The molecule has 0 spiro atoms. The van der Waals surface area contributed by atoms with Crippen molar-refractivity contribution < 1.29 is 4.74 Å². The third-order valence-electron chi connectivity index (χ3n) is 3.07. The molecule has 3 heterocycles. The summed E-state index contributed by atoms with van der Waals surface area (Å²) in [7, 11) is 1.85. The average Bonchev–Trinajstić information content (AvgIpc) is 3.04. The van der Waals surface area contributed by atoms with Crippen LogP contribution in [0.2, 0.25) is 0 Å². The van der Waals surface area contributed by atoms with Crippen LogP contribution in [0.25, 0.3) is 11.5 Å². The van der Waals surface area contributed by atoms with Crippen LogP contribution in [-0.4, -0.2) is 32.5 Å². The molecule has 0 bridgehead atoms. The summed E-state index contributed by atoms with van der Waals surface area (Å²) in [5, 5.41) is 6.91. The van der Waals surface area contributed by atoms with Crippen molar-refractivity contribution in [1.82, 2.24) is 19.3 Å². The van der Waals surface area contributed by atoms with Gasteiger partial charge in [0.25, 0.3) is 0 Å². The Bertz CT molecular complexity index is 808. The van der Waals surface area contributed by atoms with Gasteiger partial charge in [-0.05, 0) is 38.1 Å². The number of pyridine rings is 2. The average molecular weight is 379 g/mol. The van der Waals surface area contributed by atoms with E-state index >= 15 is 0 Å². The van der Waals surface area contributed by atoms with Gasteiger partial charge in [-0.25, -0.2) is 9.97 Å². The minimum Gasteiger partial charge on any atom is -0.489 e. The fraction of sp³-hybridized carbons (Fsp3) is 0.250. The van der Waals surface area contributed by atoms with Gasteiger partial charge in [0.1, 0.15) is 11.4 Å². The lowest BCUT2D eigenvalue weighted by Gasteiger charge is -2.08. The van der Waals surface area contributed by atoms with E-state index in [1.165, 1.54) is 11.5 Å². The fourth-order valence-corrected chi connectivity index (χ4v) is 2.62. The number of anilines is 3. The molecule has 0 radical (unpaired) electrons. The second-order valence-electron chi connectivity index (χ2n) is 5.24. The van der Waals surface area contributed by atoms with Crippen molar-refractivity contribution in [2.45, 2.75) is 20.0 Å². The van der Waals surface area contributed by atoms with Crippen molar-refractivity contribution in [2.24, 2.45) is 0 Å². The summed E-state index contributed by atoms with van der Waals surface area (Å²) in [5.41, 5.74) is 1.59. The number of halogens is 1. The highest BCUT2D eigenvalue weighted by Gasteiger charge is 2.10. The van der Waals surface area contributed by atoms with Gasteiger partial charge in [-0.15, -0.1) is 12.4 Å². The fourth-order valence-electron chi connectivity index (χ4n) is 2.04. The van der Waals surface area contributed by atoms with E-state index in [9.17, 15) is 0 Å². The first-order valence-corrected chi connectivity index (χ1v) is 8.29. The minimum absolute atomic E-state index is 0. The number of nitrogens with one attached hydrogen (secondary N) is 2. The Hall–Kier alpha value is -2.45. The van der Waals surface area contributed by atoms with Crippen LogP contribution in [0, 0.1) is 0 Å². The van der Waals surface area contributed by atoms with Gasteiger partial charge >= 0.3 is 0 Å². The third-order valence-corrected chi connectivity index (χ3v) is 3.70. The molecule has 0 fully saturated rings. The maximum Gasteiger partial charge on any atom is 0.208 e. The molecule has 25 heavy (non-hydrogen) atoms. The van der Waals surface area contributed by atoms with Crippen molar-refractivity contribution in [3.63, 3.8) is 0 Å². The van der Waals surface area contributed by atoms with Gasteiger partial charge < -0.3 is 15.4 Å². The van der Waals surface area contributed by atoms with Crippen LogP contribution >= 0.6 is 23.9 Å². The van der Waals surface area contributed by atoms with Gasteiger partial charge in [-0.3, -0.25) is 0 Å². The Morgan fingerprint density at radius 2 is 2.00 bits per heavy atom. The summed E-state index contributed by atoms with van der Waals surface area (Å²) in [6.45, 7) is 3.95. The van der Waals surface area contributed by atoms with E-state index in [4.69, 9.17) is 4.74 Å². The number of ether oxygens (including phenoxy) is 1. The largest absolute Gasteiger partial charge is 0.489 e. The van der Waals surface area contributed by atoms with E-state index in [1.54, 1.807) is 12.4 Å². The number of rotatable bonds is 6. The molecule has 0 aliphatic carbocycles. The van der Waals surface area contributed by atoms with E-state index in [0.29, 0.717) is 22.5 Å². The molecule has 0 aliphatic heterocycles. The maximum absolute atomic E-state index is 5.59. The summed E-state index contributed by atoms with van der Waals surface area (Å²) >= 11 is 1.26. The predicted molar refractivity (Wildman–Crippen MR) is 103 cm³/mol. The van der Waals surface area contributed by atoms with Gasteiger partial charge in [0.2, 0.25) is 5.13 Å². The van der Waals surface area contributed by atoms with E-state index in [2.05, 4.69) is 30.0 Å². The zero-order valence-corrected chi connectivity index (χ0v) is 15.7. The van der Waals surface area contributed by atoms with Crippen LogP contribution in [0.15, 0.2) is 36.7 Å². The Morgan fingerprint density at radius 1 is 1.16 bits per heavy atom. The first-order chi connectivity index (χ1) is 11.7. The molecule has 0 atom stereocenters. The van der Waals surface area contributed by atoms with Gasteiger partial charge in [-0.2, -0.15) is 9.36 Å². The normalized spacial score (nSPS) is 10.2. The molecule has 9 heteroatoms. The van der Waals surface area contributed by atoms with Crippen LogP contribution in [0.3, 0.4) is 0 Å². The number of nitrogens with zero attached hydrogens (tertiary/aromatic N) is 4. The minimum atomic E-state index is 0. The standard InChI is InChI=1S/C16H18N6OS.ClH/c1-10(2)23-11-6-7-13(19-9-11)15-21-16(24-22-15)20-14-12(17-3)5-4-8-18-14;/h4-10,17H,1-3H3,(H,18,20,21,22);1H. The van der Waals surface area contributed by atoms with Crippen molar-refractivity contribution >= 4 is 40.6 Å². The van der Waals surface area contributed by atoms with Crippen LogP contribution in [0.1, 0.15) is 13.8 Å². The van der Waals surface area contributed by atoms with Crippen molar-refractivity contribution in [3.05, 3.63) is 36.7 Å². The molecule has 0 aromatic carbocycles. The number of aromatic nitrogens is 4. The number of hydrogen-bond acceptors (Lipinski definition) is 8. The van der Waals surface area contributed by atoms with Gasteiger partial charge in [-0.1, -0.05) is 0 Å². The second-order valence-corrected chi connectivity index (χ2v) is 6.00. The van der Waals surface area contributed by atoms with Crippen molar-refractivity contribution in [2.75, 3.05) is 17.7 Å². The zero-order valence-electron chi connectivity index (χ0n) is 14.1. The van der Waals surface area contributed by atoms with E-state index in [-0.39, 0.29) is 18.5 Å². The van der Waals surface area contributed by atoms with E-state index < -0.39 is 0 Å². The summed E-state index contributed by atoms with van der Waals surface area (Å²) < 4.78 is 9.93. The molecular weight excluding hydrogens is 360 g/mol. The summed E-state index contributed by atoms with van der Waals surface area (Å²) in [4.78, 5) is 13.1.